The molecule has 30 heavy (non-hydrogen) atoms. The summed E-state index contributed by atoms with van der Waals surface area (Å²) in [6.07, 6.45) is -0.741. The maximum atomic E-state index is 12.9. The standard InChI is InChI=1S/C22H25NO6S/c1-14(22(2,3)29-21(23)25)11-15-12-19(24)18-10-9-17(13-20(18)28-15)30(26,27)16-7-5-4-6-8-16/h4-10,13-15H,11-12H2,1-3H3,(H2,23,25). The minimum atomic E-state index is -3.73. The molecule has 1 amide bonds. The van der Waals surface area contributed by atoms with Crippen molar-refractivity contribution in [2.45, 2.75) is 55.1 Å². The molecule has 0 bridgehead atoms. The highest BCUT2D eigenvalue weighted by Gasteiger charge is 2.35. The molecule has 1 aliphatic heterocycles. The summed E-state index contributed by atoms with van der Waals surface area (Å²) in [7, 11) is -3.73. The highest BCUT2D eigenvalue weighted by molar-refractivity contribution is 7.91. The Morgan fingerprint density at radius 2 is 1.87 bits per heavy atom. The number of rotatable bonds is 6. The Morgan fingerprint density at radius 1 is 1.20 bits per heavy atom. The second-order valence-corrected chi connectivity index (χ2v) is 9.95. The second kappa shape index (κ2) is 8.10. The third-order valence-electron chi connectivity index (χ3n) is 5.49. The van der Waals surface area contributed by atoms with E-state index in [9.17, 15) is 18.0 Å². The third-order valence-corrected chi connectivity index (χ3v) is 7.26. The molecule has 0 radical (unpaired) electrons. The van der Waals surface area contributed by atoms with Gasteiger partial charge in [0.05, 0.1) is 15.4 Å². The van der Waals surface area contributed by atoms with Gasteiger partial charge in [-0.15, -0.1) is 0 Å². The lowest BCUT2D eigenvalue weighted by Crippen LogP contribution is -2.40. The molecule has 1 aliphatic rings. The molecule has 2 aromatic rings. The number of nitrogens with two attached hydrogens (primary N) is 1. The molecule has 1 heterocycles. The van der Waals surface area contributed by atoms with Gasteiger partial charge in [0.25, 0.3) is 0 Å². The van der Waals surface area contributed by atoms with Crippen LogP contribution in [0.4, 0.5) is 4.79 Å². The first-order chi connectivity index (χ1) is 14.0. The van der Waals surface area contributed by atoms with E-state index in [4.69, 9.17) is 15.2 Å². The number of sulfone groups is 1. The van der Waals surface area contributed by atoms with Crippen LogP contribution < -0.4 is 10.5 Å². The number of amides is 1. The van der Waals surface area contributed by atoms with Gasteiger partial charge in [-0.1, -0.05) is 25.1 Å². The first kappa shape index (κ1) is 21.8. The van der Waals surface area contributed by atoms with Crippen LogP contribution in [0.3, 0.4) is 0 Å². The molecular weight excluding hydrogens is 406 g/mol. The third kappa shape index (κ3) is 4.48. The summed E-state index contributed by atoms with van der Waals surface area (Å²) in [5, 5.41) is 0. The highest BCUT2D eigenvalue weighted by Crippen LogP contribution is 2.35. The molecule has 2 aromatic carbocycles. The van der Waals surface area contributed by atoms with Crippen LogP contribution in [0.25, 0.3) is 0 Å². The van der Waals surface area contributed by atoms with Crippen molar-refractivity contribution in [1.29, 1.82) is 0 Å². The van der Waals surface area contributed by atoms with Gasteiger partial charge in [0, 0.05) is 6.42 Å². The predicted octanol–water partition coefficient (Wildman–Crippen LogP) is 3.75. The van der Waals surface area contributed by atoms with Gasteiger partial charge in [-0.05, 0) is 56.5 Å². The number of hydrogen-bond donors (Lipinski definition) is 1. The zero-order chi connectivity index (χ0) is 22.1. The highest BCUT2D eigenvalue weighted by atomic mass is 32.2. The lowest BCUT2D eigenvalue weighted by atomic mass is 9.85. The molecule has 0 fully saturated rings. The van der Waals surface area contributed by atoms with Crippen LogP contribution in [0.1, 0.15) is 44.0 Å². The summed E-state index contributed by atoms with van der Waals surface area (Å²) >= 11 is 0. The molecule has 3 rings (SSSR count). The number of hydrogen-bond acceptors (Lipinski definition) is 6. The molecule has 2 unspecified atom stereocenters. The summed E-state index contributed by atoms with van der Waals surface area (Å²) in [5.74, 6) is -0.0274. The van der Waals surface area contributed by atoms with Gasteiger partial charge in [-0.3, -0.25) is 4.79 Å². The van der Waals surface area contributed by atoms with Crippen molar-refractivity contribution in [3.63, 3.8) is 0 Å². The van der Waals surface area contributed by atoms with Crippen LogP contribution in [-0.2, 0) is 14.6 Å². The summed E-state index contributed by atoms with van der Waals surface area (Å²) in [5.41, 5.74) is 4.66. The zero-order valence-electron chi connectivity index (χ0n) is 17.1. The van der Waals surface area contributed by atoms with Crippen molar-refractivity contribution in [2.24, 2.45) is 11.7 Å². The first-order valence-corrected chi connectivity index (χ1v) is 11.1. The van der Waals surface area contributed by atoms with E-state index in [2.05, 4.69) is 0 Å². The van der Waals surface area contributed by atoms with Gasteiger partial charge in [-0.2, -0.15) is 0 Å². The van der Waals surface area contributed by atoms with Gasteiger partial charge in [0.15, 0.2) is 5.78 Å². The number of ketones is 1. The summed E-state index contributed by atoms with van der Waals surface area (Å²) in [4.78, 5) is 24.0. The van der Waals surface area contributed by atoms with Crippen molar-refractivity contribution in [3.05, 3.63) is 54.1 Å². The van der Waals surface area contributed by atoms with E-state index >= 15 is 0 Å². The number of carbonyl (C=O) groups excluding carboxylic acids is 2. The Bertz CT molecular complexity index is 1060. The Kier molecular flexibility index (Phi) is 5.90. The Morgan fingerprint density at radius 3 is 2.50 bits per heavy atom. The van der Waals surface area contributed by atoms with E-state index in [1.165, 1.54) is 30.3 Å². The predicted molar refractivity (Wildman–Crippen MR) is 110 cm³/mol. The summed E-state index contributed by atoms with van der Waals surface area (Å²) in [6.45, 7) is 5.36. The van der Waals surface area contributed by atoms with Crippen molar-refractivity contribution >= 4 is 21.7 Å². The molecule has 0 aromatic heterocycles. The van der Waals surface area contributed by atoms with E-state index in [1.54, 1.807) is 32.0 Å². The Hall–Kier alpha value is -2.87. The summed E-state index contributed by atoms with van der Waals surface area (Å²) < 4.78 is 36.9. The van der Waals surface area contributed by atoms with Gasteiger partial charge in [0.1, 0.15) is 17.5 Å². The number of benzene rings is 2. The quantitative estimate of drug-likeness (QED) is 0.745. The van der Waals surface area contributed by atoms with E-state index in [-0.39, 0.29) is 33.7 Å². The fourth-order valence-corrected chi connectivity index (χ4v) is 4.74. The second-order valence-electron chi connectivity index (χ2n) is 8.00. The van der Waals surface area contributed by atoms with E-state index in [0.717, 1.165) is 0 Å². The molecule has 0 aliphatic carbocycles. The van der Waals surface area contributed by atoms with Gasteiger partial charge < -0.3 is 15.2 Å². The fourth-order valence-electron chi connectivity index (χ4n) is 3.44. The van der Waals surface area contributed by atoms with Gasteiger partial charge in [-0.25, -0.2) is 13.2 Å². The number of ether oxygens (including phenoxy) is 2. The molecule has 8 heteroatoms. The van der Waals surface area contributed by atoms with Crippen molar-refractivity contribution in [2.75, 3.05) is 0 Å². The minimum absolute atomic E-state index is 0.0614. The molecule has 7 nitrogen and oxygen atoms in total. The topological polar surface area (TPSA) is 113 Å². The molecule has 0 spiro atoms. The van der Waals surface area contributed by atoms with Crippen molar-refractivity contribution in [3.8, 4) is 5.75 Å². The maximum Gasteiger partial charge on any atom is 0.405 e. The molecule has 2 N–H and O–H groups in total. The van der Waals surface area contributed by atoms with Crippen LogP contribution in [0.5, 0.6) is 5.75 Å². The maximum absolute atomic E-state index is 12.9. The average Bonchev–Trinajstić information content (AvgIpc) is 2.67. The molecule has 2 atom stereocenters. The number of Topliss-reactive ketones (excluding diaryl/α,β-unsaturated/α-hetero) is 1. The minimum Gasteiger partial charge on any atom is -0.489 e. The van der Waals surface area contributed by atoms with Crippen LogP contribution in [0.2, 0.25) is 0 Å². The van der Waals surface area contributed by atoms with E-state index in [1.807, 2.05) is 6.92 Å². The van der Waals surface area contributed by atoms with Crippen LogP contribution in [0.15, 0.2) is 58.3 Å². The van der Waals surface area contributed by atoms with Crippen molar-refractivity contribution in [1.82, 2.24) is 0 Å². The van der Waals surface area contributed by atoms with Crippen LogP contribution in [-0.4, -0.2) is 32.0 Å². The normalized spacial score (nSPS) is 17.6. The lowest BCUT2D eigenvalue weighted by Gasteiger charge is -2.34. The Balaban J connectivity index is 1.85. The van der Waals surface area contributed by atoms with Crippen LogP contribution in [0, 0.1) is 5.92 Å². The molecule has 160 valence electrons. The largest absolute Gasteiger partial charge is 0.489 e. The average molecular weight is 432 g/mol. The van der Waals surface area contributed by atoms with Crippen molar-refractivity contribution < 1.29 is 27.5 Å². The molecule has 0 saturated heterocycles. The monoisotopic (exact) mass is 431 g/mol. The Labute approximate surface area is 176 Å². The van der Waals surface area contributed by atoms with Gasteiger partial charge >= 0.3 is 6.09 Å². The lowest BCUT2D eigenvalue weighted by molar-refractivity contribution is -0.0117. The van der Waals surface area contributed by atoms with E-state index < -0.39 is 27.6 Å². The molecule has 0 saturated carbocycles. The van der Waals surface area contributed by atoms with Crippen LogP contribution >= 0.6 is 0 Å². The summed E-state index contributed by atoms with van der Waals surface area (Å²) in [6, 6.07) is 12.4. The zero-order valence-corrected chi connectivity index (χ0v) is 17.9. The molecular formula is C22H25NO6S. The van der Waals surface area contributed by atoms with E-state index in [0.29, 0.717) is 12.0 Å². The van der Waals surface area contributed by atoms with Gasteiger partial charge in [0.2, 0.25) is 9.84 Å². The number of fused-ring (bicyclic) bond motifs is 1. The SMILES string of the molecule is CC(CC1CC(=O)c2ccc(S(=O)(=O)c3ccccc3)cc2O1)C(C)(C)OC(N)=O. The fraction of sp³-hybridized carbons (Fsp3) is 0.364. The number of carbonyl (C=O) groups is 2. The number of primary amides is 1. The smallest absolute Gasteiger partial charge is 0.405 e. The first-order valence-electron chi connectivity index (χ1n) is 9.63.